The number of phenols is 1. The van der Waals surface area contributed by atoms with Gasteiger partial charge >= 0.3 is 0 Å². The molecule has 4 aromatic rings. The maximum Gasteiger partial charge on any atom is 0.203 e. The number of nitrogens with zero attached hydrogens (tertiary/aromatic N) is 1. The number of methoxy groups -OCH3 is 5. The monoisotopic (exact) mass is 487 g/mol. The first kappa shape index (κ1) is 23.5. The van der Waals surface area contributed by atoms with E-state index in [1.54, 1.807) is 47.7 Å². The Bertz CT molecular complexity index is 1400. The second-order valence-electron chi connectivity index (χ2n) is 8.54. The van der Waals surface area contributed by atoms with E-state index >= 15 is 0 Å². The van der Waals surface area contributed by atoms with E-state index in [1.165, 1.54) is 5.56 Å². The Labute approximate surface area is 210 Å². The normalized spacial score (nSPS) is 11.9. The summed E-state index contributed by atoms with van der Waals surface area (Å²) in [6.07, 6.45) is 3.03. The van der Waals surface area contributed by atoms with Crippen molar-refractivity contribution >= 4 is 0 Å². The number of aryl methyl sites for hydroxylation is 2. The molecule has 0 saturated heterocycles. The van der Waals surface area contributed by atoms with Gasteiger partial charge in [-0.15, -0.1) is 0 Å². The van der Waals surface area contributed by atoms with Crippen LogP contribution in [0.15, 0.2) is 54.7 Å². The van der Waals surface area contributed by atoms with Crippen LogP contribution < -0.4 is 23.7 Å². The number of phenolic OH excluding ortho intramolecular Hbond substituents is 1. The first-order chi connectivity index (χ1) is 17.5. The molecule has 0 atom stereocenters. The van der Waals surface area contributed by atoms with Crippen LogP contribution in [-0.4, -0.2) is 45.2 Å². The number of fused-ring (bicyclic) bond motifs is 3. The molecule has 1 aliphatic rings. The second kappa shape index (κ2) is 9.41. The second-order valence-corrected chi connectivity index (χ2v) is 8.54. The molecule has 7 heteroatoms. The molecule has 0 bridgehead atoms. The third-order valence-electron chi connectivity index (χ3n) is 6.70. The lowest BCUT2D eigenvalue weighted by Gasteiger charge is -2.23. The standard InChI is InChI=1S/C29H29NO6/c1-32-23-12-18-10-11-30-16-22(17-6-8-20(31)9-7-17)27(28(30)21(18)15-24(23)33-2)19-13-25(34-3)29(36-5)26(14-19)35-4/h6-9,12-16,31H,10-11H2,1-5H3. The molecule has 186 valence electrons. The number of aromatic nitrogens is 1. The largest absolute Gasteiger partial charge is 0.508 e. The zero-order valence-corrected chi connectivity index (χ0v) is 21.0. The lowest BCUT2D eigenvalue weighted by atomic mass is 9.90. The summed E-state index contributed by atoms with van der Waals surface area (Å²) < 4.78 is 30.4. The van der Waals surface area contributed by atoms with Crippen molar-refractivity contribution in [3.8, 4) is 68.0 Å². The average Bonchev–Trinajstić information content (AvgIpc) is 3.31. The van der Waals surface area contributed by atoms with Crippen LogP contribution in [0.4, 0.5) is 0 Å². The summed E-state index contributed by atoms with van der Waals surface area (Å²) in [6, 6.07) is 15.3. The van der Waals surface area contributed by atoms with Crippen molar-refractivity contribution in [1.29, 1.82) is 0 Å². The van der Waals surface area contributed by atoms with E-state index in [1.807, 2.05) is 30.3 Å². The summed E-state index contributed by atoms with van der Waals surface area (Å²) in [7, 11) is 8.12. The van der Waals surface area contributed by atoms with Crippen molar-refractivity contribution in [3.05, 3.63) is 60.3 Å². The van der Waals surface area contributed by atoms with Gasteiger partial charge in [0.2, 0.25) is 5.75 Å². The van der Waals surface area contributed by atoms with Crippen molar-refractivity contribution in [1.82, 2.24) is 4.57 Å². The minimum Gasteiger partial charge on any atom is -0.508 e. The molecule has 1 N–H and O–H groups in total. The van der Waals surface area contributed by atoms with Crippen molar-refractivity contribution in [2.45, 2.75) is 13.0 Å². The summed E-state index contributed by atoms with van der Waals surface area (Å²) in [5.41, 5.74) is 7.28. The molecule has 0 fully saturated rings. The smallest absolute Gasteiger partial charge is 0.203 e. The molecular weight excluding hydrogens is 458 g/mol. The van der Waals surface area contributed by atoms with Crippen LogP contribution in [0, 0.1) is 0 Å². The third-order valence-corrected chi connectivity index (χ3v) is 6.70. The van der Waals surface area contributed by atoms with Crippen LogP contribution in [0.2, 0.25) is 0 Å². The van der Waals surface area contributed by atoms with Crippen molar-refractivity contribution < 1.29 is 28.8 Å². The van der Waals surface area contributed by atoms with Gasteiger partial charge in [0.15, 0.2) is 23.0 Å². The van der Waals surface area contributed by atoms with E-state index in [0.29, 0.717) is 28.7 Å². The van der Waals surface area contributed by atoms with E-state index in [0.717, 1.165) is 46.5 Å². The van der Waals surface area contributed by atoms with Crippen LogP contribution in [0.25, 0.3) is 33.5 Å². The topological polar surface area (TPSA) is 71.3 Å². The summed E-state index contributed by atoms with van der Waals surface area (Å²) in [5.74, 6) is 3.30. The Balaban J connectivity index is 1.85. The predicted molar refractivity (Wildman–Crippen MR) is 139 cm³/mol. The minimum atomic E-state index is 0.222. The highest BCUT2D eigenvalue weighted by Crippen LogP contribution is 2.50. The molecule has 0 unspecified atom stereocenters. The fraction of sp³-hybridized carbons (Fsp3) is 0.241. The quantitative estimate of drug-likeness (QED) is 0.356. The van der Waals surface area contributed by atoms with E-state index in [2.05, 4.69) is 16.8 Å². The van der Waals surface area contributed by atoms with Gasteiger partial charge in [-0.05, 0) is 59.5 Å². The number of aromatic hydroxyl groups is 1. The Morgan fingerprint density at radius 3 is 1.86 bits per heavy atom. The molecule has 1 aromatic heterocycles. The lowest BCUT2D eigenvalue weighted by Crippen LogP contribution is -2.11. The molecular formula is C29H29NO6. The van der Waals surface area contributed by atoms with E-state index in [4.69, 9.17) is 23.7 Å². The van der Waals surface area contributed by atoms with Crippen LogP contribution >= 0.6 is 0 Å². The third kappa shape index (κ3) is 3.77. The lowest BCUT2D eigenvalue weighted by molar-refractivity contribution is 0.324. The molecule has 7 nitrogen and oxygen atoms in total. The Morgan fingerprint density at radius 2 is 1.28 bits per heavy atom. The van der Waals surface area contributed by atoms with Gasteiger partial charge in [-0.2, -0.15) is 0 Å². The maximum absolute atomic E-state index is 9.91. The SMILES string of the molecule is COc1cc2c(cc1OC)-c1c(-c3cc(OC)c(OC)c(OC)c3)c(-c3ccc(O)cc3)cn1CC2. The molecule has 36 heavy (non-hydrogen) atoms. The molecule has 0 aliphatic carbocycles. The van der Waals surface area contributed by atoms with Crippen molar-refractivity contribution in [2.24, 2.45) is 0 Å². The highest BCUT2D eigenvalue weighted by Gasteiger charge is 2.28. The summed E-state index contributed by atoms with van der Waals surface area (Å²) in [5, 5.41) is 9.91. The molecule has 5 rings (SSSR count). The zero-order chi connectivity index (χ0) is 25.4. The highest BCUT2D eigenvalue weighted by atomic mass is 16.5. The van der Waals surface area contributed by atoms with Gasteiger partial charge in [-0.3, -0.25) is 0 Å². The number of benzene rings is 3. The first-order valence-electron chi connectivity index (χ1n) is 11.6. The summed E-state index contributed by atoms with van der Waals surface area (Å²) in [4.78, 5) is 0. The van der Waals surface area contributed by atoms with E-state index in [9.17, 15) is 5.11 Å². The molecule has 0 spiro atoms. The minimum absolute atomic E-state index is 0.222. The molecule has 1 aliphatic heterocycles. The predicted octanol–water partition coefficient (Wildman–Crippen LogP) is 5.79. The number of rotatable bonds is 7. The molecule has 0 radical (unpaired) electrons. The van der Waals surface area contributed by atoms with Crippen molar-refractivity contribution in [3.63, 3.8) is 0 Å². The zero-order valence-electron chi connectivity index (χ0n) is 21.0. The van der Waals surface area contributed by atoms with Gasteiger partial charge in [0.25, 0.3) is 0 Å². The van der Waals surface area contributed by atoms with E-state index < -0.39 is 0 Å². The number of ether oxygens (including phenoxy) is 5. The molecule has 0 amide bonds. The fourth-order valence-electron chi connectivity index (χ4n) is 4.99. The Morgan fingerprint density at radius 1 is 0.667 bits per heavy atom. The summed E-state index contributed by atoms with van der Waals surface area (Å²) >= 11 is 0. The summed E-state index contributed by atoms with van der Waals surface area (Å²) in [6.45, 7) is 0.813. The number of hydrogen-bond acceptors (Lipinski definition) is 6. The maximum atomic E-state index is 9.91. The van der Waals surface area contributed by atoms with Crippen LogP contribution in [0.3, 0.4) is 0 Å². The molecule has 3 aromatic carbocycles. The van der Waals surface area contributed by atoms with Gasteiger partial charge in [-0.1, -0.05) is 12.1 Å². The van der Waals surface area contributed by atoms with Crippen molar-refractivity contribution in [2.75, 3.05) is 35.5 Å². The first-order valence-corrected chi connectivity index (χ1v) is 11.6. The van der Waals surface area contributed by atoms with Gasteiger partial charge in [0.1, 0.15) is 5.75 Å². The average molecular weight is 488 g/mol. The van der Waals surface area contributed by atoms with E-state index in [-0.39, 0.29) is 5.75 Å². The highest BCUT2D eigenvalue weighted by molar-refractivity contribution is 5.96. The Kier molecular flexibility index (Phi) is 6.14. The van der Waals surface area contributed by atoms with Gasteiger partial charge in [-0.25, -0.2) is 0 Å². The van der Waals surface area contributed by atoms with Gasteiger partial charge in [0.05, 0.1) is 41.2 Å². The van der Waals surface area contributed by atoms with Crippen LogP contribution in [0.5, 0.6) is 34.5 Å². The van der Waals surface area contributed by atoms with Crippen LogP contribution in [0.1, 0.15) is 5.56 Å². The van der Waals surface area contributed by atoms with Gasteiger partial charge in [0, 0.05) is 29.4 Å². The fourth-order valence-corrected chi connectivity index (χ4v) is 4.99. The van der Waals surface area contributed by atoms with Gasteiger partial charge < -0.3 is 33.4 Å². The molecule has 2 heterocycles. The van der Waals surface area contributed by atoms with Crippen LogP contribution in [-0.2, 0) is 13.0 Å². The molecule has 0 saturated carbocycles. The number of hydrogen-bond donors (Lipinski definition) is 1. The Hall–Kier alpha value is -4.26.